The van der Waals surface area contributed by atoms with Crippen molar-refractivity contribution in [1.82, 2.24) is 5.43 Å². The Bertz CT molecular complexity index is 401. The second-order valence-corrected chi connectivity index (χ2v) is 5.31. The number of rotatable bonds is 7. The molecule has 0 aliphatic rings. The van der Waals surface area contributed by atoms with Gasteiger partial charge in [-0.25, -0.2) is 4.39 Å². The molecule has 0 heterocycles. The minimum atomic E-state index is -0.313. The lowest BCUT2D eigenvalue weighted by Crippen LogP contribution is -2.49. The molecule has 0 fully saturated rings. The SMILES string of the molecule is CCOC(C(C)C)C(Cc1ccc(Cl)cc1F)NN. The van der Waals surface area contributed by atoms with Crippen LogP contribution >= 0.6 is 11.6 Å². The molecular weight excluding hydrogens is 267 g/mol. The second kappa shape index (κ2) is 7.80. The van der Waals surface area contributed by atoms with E-state index in [1.807, 2.05) is 6.92 Å². The van der Waals surface area contributed by atoms with Crippen molar-refractivity contribution < 1.29 is 9.13 Å². The third-order valence-corrected chi connectivity index (χ3v) is 3.32. The maximum absolute atomic E-state index is 13.8. The lowest BCUT2D eigenvalue weighted by atomic mass is 9.94. The largest absolute Gasteiger partial charge is 0.377 e. The Hall–Kier alpha value is -0.680. The number of nitrogens with one attached hydrogen (secondary N) is 1. The van der Waals surface area contributed by atoms with Crippen molar-refractivity contribution in [1.29, 1.82) is 0 Å². The van der Waals surface area contributed by atoms with Crippen LogP contribution in [0.5, 0.6) is 0 Å². The maximum Gasteiger partial charge on any atom is 0.127 e. The fourth-order valence-electron chi connectivity index (χ4n) is 2.16. The molecule has 0 aromatic heterocycles. The zero-order valence-corrected chi connectivity index (χ0v) is 12.4. The van der Waals surface area contributed by atoms with Gasteiger partial charge in [0.15, 0.2) is 0 Å². The van der Waals surface area contributed by atoms with E-state index in [0.717, 1.165) is 0 Å². The summed E-state index contributed by atoms with van der Waals surface area (Å²) in [6, 6.07) is 4.54. The minimum absolute atomic E-state index is 0.0647. The van der Waals surface area contributed by atoms with Gasteiger partial charge in [-0.3, -0.25) is 11.3 Å². The molecule has 108 valence electrons. The number of halogens is 2. The molecule has 0 aliphatic heterocycles. The molecule has 0 radical (unpaired) electrons. The highest BCUT2D eigenvalue weighted by Gasteiger charge is 2.25. The fourth-order valence-corrected chi connectivity index (χ4v) is 2.32. The highest BCUT2D eigenvalue weighted by Crippen LogP contribution is 2.19. The van der Waals surface area contributed by atoms with Gasteiger partial charge in [0.2, 0.25) is 0 Å². The molecule has 1 rings (SSSR count). The first kappa shape index (κ1) is 16.4. The first-order chi connectivity index (χ1) is 8.99. The molecule has 19 heavy (non-hydrogen) atoms. The predicted molar refractivity (Wildman–Crippen MR) is 76.5 cm³/mol. The van der Waals surface area contributed by atoms with Crippen molar-refractivity contribution in [2.75, 3.05) is 6.61 Å². The third-order valence-electron chi connectivity index (χ3n) is 3.08. The van der Waals surface area contributed by atoms with Crippen LogP contribution in [0.15, 0.2) is 18.2 Å². The predicted octanol–water partition coefficient (Wildman–Crippen LogP) is 2.91. The lowest BCUT2D eigenvalue weighted by molar-refractivity contribution is 0.00339. The Morgan fingerprint density at radius 1 is 1.42 bits per heavy atom. The zero-order chi connectivity index (χ0) is 14.4. The number of hydrogen-bond acceptors (Lipinski definition) is 3. The Morgan fingerprint density at radius 3 is 2.58 bits per heavy atom. The quantitative estimate of drug-likeness (QED) is 0.599. The molecule has 1 aromatic rings. The Morgan fingerprint density at radius 2 is 2.11 bits per heavy atom. The molecular formula is C14H22ClFN2O. The summed E-state index contributed by atoms with van der Waals surface area (Å²) in [5, 5.41) is 0.392. The summed E-state index contributed by atoms with van der Waals surface area (Å²) in [5.41, 5.74) is 3.32. The van der Waals surface area contributed by atoms with E-state index in [0.29, 0.717) is 23.6 Å². The maximum atomic E-state index is 13.8. The van der Waals surface area contributed by atoms with Gasteiger partial charge < -0.3 is 4.74 Å². The molecule has 0 saturated heterocycles. The van der Waals surface area contributed by atoms with Gasteiger partial charge in [0.05, 0.1) is 12.1 Å². The van der Waals surface area contributed by atoms with E-state index in [1.165, 1.54) is 6.07 Å². The molecule has 0 bridgehead atoms. The molecule has 3 nitrogen and oxygen atoms in total. The number of hydrogen-bond donors (Lipinski definition) is 2. The van der Waals surface area contributed by atoms with Gasteiger partial charge in [-0.2, -0.15) is 0 Å². The topological polar surface area (TPSA) is 47.3 Å². The van der Waals surface area contributed by atoms with Gasteiger partial charge >= 0.3 is 0 Å². The van der Waals surface area contributed by atoms with Crippen molar-refractivity contribution >= 4 is 11.6 Å². The summed E-state index contributed by atoms with van der Waals surface area (Å²) in [4.78, 5) is 0. The van der Waals surface area contributed by atoms with Crippen LogP contribution in [0.1, 0.15) is 26.3 Å². The summed E-state index contributed by atoms with van der Waals surface area (Å²) in [5.74, 6) is 5.57. The Balaban J connectivity index is 2.85. The molecule has 1 aromatic carbocycles. The van der Waals surface area contributed by atoms with Crippen LogP contribution in [0.2, 0.25) is 5.02 Å². The molecule has 5 heteroatoms. The van der Waals surface area contributed by atoms with Crippen LogP contribution in [0, 0.1) is 11.7 Å². The third kappa shape index (κ3) is 4.73. The van der Waals surface area contributed by atoms with Crippen molar-refractivity contribution in [2.24, 2.45) is 11.8 Å². The van der Waals surface area contributed by atoms with Crippen LogP contribution in [0.25, 0.3) is 0 Å². The Kier molecular flexibility index (Phi) is 6.72. The fraction of sp³-hybridized carbons (Fsp3) is 0.571. The first-order valence-electron chi connectivity index (χ1n) is 6.51. The van der Waals surface area contributed by atoms with Crippen molar-refractivity contribution in [3.05, 3.63) is 34.6 Å². The average Bonchev–Trinajstić information content (AvgIpc) is 2.35. The van der Waals surface area contributed by atoms with Crippen molar-refractivity contribution in [3.8, 4) is 0 Å². The van der Waals surface area contributed by atoms with E-state index in [-0.39, 0.29) is 23.9 Å². The first-order valence-corrected chi connectivity index (χ1v) is 6.89. The summed E-state index contributed by atoms with van der Waals surface area (Å²) < 4.78 is 19.5. The van der Waals surface area contributed by atoms with E-state index >= 15 is 0 Å². The summed E-state index contributed by atoms with van der Waals surface area (Å²) >= 11 is 5.75. The standard InChI is InChI=1S/C14H22ClFN2O/c1-4-19-14(9(2)3)13(18-17)7-10-5-6-11(15)8-12(10)16/h5-6,8-9,13-14,18H,4,7,17H2,1-3H3. The zero-order valence-electron chi connectivity index (χ0n) is 11.6. The van der Waals surface area contributed by atoms with E-state index in [2.05, 4.69) is 19.3 Å². The van der Waals surface area contributed by atoms with Gasteiger partial charge in [0, 0.05) is 11.6 Å². The van der Waals surface area contributed by atoms with E-state index in [1.54, 1.807) is 12.1 Å². The average molecular weight is 289 g/mol. The van der Waals surface area contributed by atoms with Gasteiger partial charge in [-0.1, -0.05) is 31.5 Å². The minimum Gasteiger partial charge on any atom is -0.377 e. The second-order valence-electron chi connectivity index (χ2n) is 4.88. The van der Waals surface area contributed by atoms with Gasteiger partial charge in [-0.05, 0) is 37.0 Å². The van der Waals surface area contributed by atoms with Gasteiger partial charge in [-0.15, -0.1) is 0 Å². The summed E-state index contributed by atoms with van der Waals surface area (Å²) in [6.45, 7) is 6.65. The van der Waals surface area contributed by atoms with E-state index in [4.69, 9.17) is 22.2 Å². The van der Waals surface area contributed by atoms with Gasteiger partial charge in [0.25, 0.3) is 0 Å². The Labute approximate surface area is 119 Å². The van der Waals surface area contributed by atoms with Crippen LogP contribution in [0.4, 0.5) is 4.39 Å². The van der Waals surface area contributed by atoms with E-state index in [9.17, 15) is 4.39 Å². The molecule has 2 unspecified atom stereocenters. The highest BCUT2D eigenvalue weighted by molar-refractivity contribution is 6.30. The molecule has 0 saturated carbocycles. The highest BCUT2D eigenvalue weighted by atomic mass is 35.5. The number of benzene rings is 1. The van der Waals surface area contributed by atoms with Crippen LogP contribution in [-0.2, 0) is 11.2 Å². The molecule has 0 amide bonds. The van der Waals surface area contributed by atoms with Gasteiger partial charge in [0.1, 0.15) is 5.82 Å². The smallest absolute Gasteiger partial charge is 0.127 e. The van der Waals surface area contributed by atoms with E-state index < -0.39 is 0 Å². The summed E-state index contributed by atoms with van der Waals surface area (Å²) in [6.07, 6.45) is 0.396. The lowest BCUT2D eigenvalue weighted by Gasteiger charge is -2.29. The molecule has 3 N–H and O–H groups in total. The number of hydrazine groups is 1. The molecule has 0 spiro atoms. The van der Waals surface area contributed by atoms with Crippen LogP contribution < -0.4 is 11.3 Å². The molecule has 0 aliphatic carbocycles. The van der Waals surface area contributed by atoms with Crippen LogP contribution in [-0.4, -0.2) is 18.8 Å². The van der Waals surface area contributed by atoms with Crippen molar-refractivity contribution in [2.45, 2.75) is 39.3 Å². The summed E-state index contributed by atoms with van der Waals surface area (Å²) in [7, 11) is 0. The normalized spacial score (nSPS) is 14.7. The number of nitrogens with two attached hydrogens (primary N) is 1. The van der Waals surface area contributed by atoms with Crippen LogP contribution in [0.3, 0.4) is 0 Å². The monoisotopic (exact) mass is 288 g/mol. The number of ether oxygens (including phenoxy) is 1. The van der Waals surface area contributed by atoms with Crippen molar-refractivity contribution in [3.63, 3.8) is 0 Å². The molecule has 2 atom stereocenters.